The maximum Gasteiger partial charge on any atom is 0.425 e. The van der Waals surface area contributed by atoms with Crippen LogP contribution in [0.5, 0.6) is 5.88 Å². The van der Waals surface area contributed by atoms with Crippen molar-refractivity contribution in [3.63, 3.8) is 0 Å². The lowest BCUT2D eigenvalue weighted by Gasteiger charge is -2.08. The molecule has 4 rings (SSSR count). The van der Waals surface area contributed by atoms with E-state index in [-0.39, 0.29) is 0 Å². The van der Waals surface area contributed by atoms with Crippen molar-refractivity contribution in [2.75, 3.05) is 18.5 Å². The highest BCUT2D eigenvalue weighted by Crippen LogP contribution is 2.20. The molecule has 0 spiro atoms. The van der Waals surface area contributed by atoms with Crippen molar-refractivity contribution in [1.82, 2.24) is 19.7 Å². The minimum absolute atomic E-state index is 0.450. The summed E-state index contributed by atoms with van der Waals surface area (Å²) in [6, 6.07) is 22.0. The number of aromatic nitrogens is 4. The van der Waals surface area contributed by atoms with Crippen molar-refractivity contribution in [2.45, 2.75) is 13.8 Å². The number of anilines is 1. The first-order valence-electron chi connectivity index (χ1n) is 10.1. The summed E-state index contributed by atoms with van der Waals surface area (Å²) in [7, 11) is -3.11. The molecule has 0 amide bonds. The fourth-order valence-electron chi connectivity index (χ4n) is 2.55. The summed E-state index contributed by atoms with van der Waals surface area (Å²) in [5, 5.41) is 8.02. The molecule has 0 aliphatic carbocycles. The first kappa shape index (κ1) is 26.5. The van der Waals surface area contributed by atoms with E-state index in [1.54, 1.807) is 4.68 Å². The number of nitrogens with zero attached hydrogens (tertiary/aromatic N) is 4. The number of para-hydroxylation sites is 1. The molecule has 0 aliphatic rings. The van der Waals surface area contributed by atoms with E-state index in [1.807, 2.05) is 67.7 Å². The predicted molar refractivity (Wildman–Crippen MR) is 130 cm³/mol. The molecule has 0 atom stereocenters. The number of rotatable bonds is 6. The van der Waals surface area contributed by atoms with Gasteiger partial charge in [-0.3, -0.25) is 0 Å². The van der Waals surface area contributed by atoms with Crippen LogP contribution in [-0.2, 0) is 10.6 Å². The van der Waals surface area contributed by atoms with Crippen LogP contribution in [0.3, 0.4) is 0 Å². The Morgan fingerprint density at radius 3 is 2.15 bits per heavy atom. The van der Waals surface area contributed by atoms with Gasteiger partial charge in [0.05, 0.1) is 17.9 Å². The molecule has 11 heteroatoms. The number of halogens is 1. The van der Waals surface area contributed by atoms with Crippen LogP contribution in [0, 0.1) is 13.8 Å². The zero-order valence-electron chi connectivity index (χ0n) is 18.6. The number of benzene rings is 2. The monoisotopic (exact) mass is 501 g/mol. The fourth-order valence-corrected chi connectivity index (χ4v) is 2.71. The fraction of sp³-hybridized carbons (Fsp3) is 0.174. The summed E-state index contributed by atoms with van der Waals surface area (Å²) in [5.41, 5.74) is 3.05. The van der Waals surface area contributed by atoms with Gasteiger partial charge in [0, 0.05) is 12.3 Å². The van der Waals surface area contributed by atoms with Crippen LogP contribution in [0.2, 0.25) is 5.02 Å². The van der Waals surface area contributed by atoms with Crippen molar-refractivity contribution in [3.8, 4) is 11.6 Å². The summed E-state index contributed by atoms with van der Waals surface area (Å²) in [4.78, 5) is 8.12. The highest BCUT2D eigenvalue weighted by atomic mass is 35.5. The SMILES string of the molecule is Cc1ccccc1.Cc1ncnc(NCCOc2ccn(-c3ccccc3)n2)c1Cl.O=S(=O)=O. The molecule has 9 nitrogen and oxygen atoms in total. The molecule has 0 aliphatic heterocycles. The molecular weight excluding hydrogens is 478 g/mol. The minimum atomic E-state index is -3.11. The van der Waals surface area contributed by atoms with Gasteiger partial charge in [0.15, 0.2) is 0 Å². The largest absolute Gasteiger partial charge is 0.475 e. The number of ether oxygens (including phenoxy) is 1. The molecule has 0 radical (unpaired) electrons. The molecule has 2 aromatic heterocycles. The van der Waals surface area contributed by atoms with Crippen LogP contribution < -0.4 is 10.1 Å². The molecule has 2 heterocycles. The van der Waals surface area contributed by atoms with Crippen LogP contribution in [-0.4, -0.2) is 45.5 Å². The second-order valence-corrected chi connectivity index (χ2v) is 7.48. The Labute approximate surface area is 204 Å². The van der Waals surface area contributed by atoms with E-state index in [1.165, 1.54) is 11.9 Å². The highest BCUT2D eigenvalue weighted by Gasteiger charge is 2.05. The molecule has 0 unspecified atom stereocenters. The van der Waals surface area contributed by atoms with Gasteiger partial charge in [0.2, 0.25) is 5.88 Å². The Morgan fingerprint density at radius 2 is 1.56 bits per heavy atom. The Kier molecular flexibility index (Phi) is 11.2. The number of hydrogen-bond acceptors (Lipinski definition) is 8. The number of nitrogens with one attached hydrogen (secondary N) is 1. The summed E-state index contributed by atoms with van der Waals surface area (Å²) < 4.78 is 32.7. The normalized spacial score (nSPS) is 9.62. The first-order chi connectivity index (χ1) is 16.4. The first-order valence-corrected chi connectivity index (χ1v) is 11.5. The van der Waals surface area contributed by atoms with E-state index < -0.39 is 10.6 Å². The number of aryl methyl sites for hydroxylation is 2. The Bertz CT molecular complexity index is 1250. The van der Waals surface area contributed by atoms with Crippen LogP contribution in [0.1, 0.15) is 11.3 Å². The molecule has 0 saturated heterocycles. The van der Waals surface area contributed by atoms with E-state index in [0.717, 1.165) is 11.4 Å². The third-order valence-corrected chi connectivity index (χ3v) is 4.59. The second kappa shape index (κ2) is 14.4. The van der Waals surface area contributed by atoms with Gasteiger partial charge in [-0.2, -0.15) is 0 Å². The van der Waals surface area contributed by atoms with Crippen molar-refractivity contribution in [3.05, 3.63) is 95.5 Å². The molecule has 0 bridgehead atoms. The standard InChI is InChI=1S/C16H16ClN5O.C7H8.O3S/c1-12-15(17)16(20-11-19-12)18-8-10-23-14-7-9-22(21-14)13-5-3-2-4-6-13;1-7-5-3-2-4-6-7;1-4(2)3/h2-7,9,11H,8,10H2,1H3,(H,18,19,20);2-6H,1H3;. The number of hydrogen-bond donors (Lipinski definition) is 1. The van der Waals surface area contributed by atoms with E-state index in [4.69, 9.17) is 29.0 Å². The van der Waals surface area contributed by atoms with E-state index in [0.29, 0.717) is 29.9 Å². The lowest BCUT2D eigenvalue weighted by Crippen LogP contribution is -2.13. The zero-order valence-corrected chi connectivity index (χ0v) is 20.2. The van der Waals surface area contributed by atoms with Gasteiger partial charge in [0.1, 0.15) is 23.8 Å². The average Bonchev–Trinajstić information content (AvgIpc) is 3.30. The molecule has 1 N–H and O–H groups in total. The van der Waals surface area contributed by atoms with Crippen molar-refractivity contribution in [2.24, 2.45) is 0 Å². The van der Waals surface area contributed by atoms with E-state index >= 15 is 0 Å². The van der Waals surface area contributed by atoms with E-state index in [9.17, 15) is 0 Å². The highest BCUT2D eigenvalue weighted by molar-refractivity contribution is 7.59. The van der Waals surface area contributed by atoms with Gasteiger partial charge in [0.25, 0.3) is 0 Å². The lowest BCUT2D eigenvalue weighted by molar-refractivity contribution is 0.317. The lowest BCUT2D eigenvalue weighted by atomic mass is 10.2. The van der Waals surface area contributed by atoms with Crippen molar-refractivity contribution in [1.29, 1.82) is 0 Å². The van der Waals surface area contributed by atoms with Gasteiger partial charge < -0.3 is 10.1 Å². The maximum absolute atomic E-state index is 8.44. The molecule has 0 saturated carbocycles. The molecule has 178 valence electrons. The smallest absolute Gasteiger partial charge is 0.425 e. The van der Waals surface area contributed by atoms with Gasteiger partial charge in [-0.05, 0) is 26.0 Å². The van der Waals surface area contributed by atoms with E-state index in [2.05, 4.69) is 39.4 Å². The van der Waals surface area contributed by atoms with Crippen LogP contribution >= 0.6 is 11.6 Å². The van der Waals surface area contributed by atoms with Crippen LogP contribution in [0.15, 0.2) is 79.3 Å². The second-order valence-electron chi connectivity index (χ2n) is 6.69. The topological polar surface area (TPSA) is 116 Å². The van der Waals surface area contributed by atoms with Crippen molar-refractivity contribution >= 4 is 28.0 Å². The maximum atomic E-state index is 8.44. The third kappa shape index (κ3) is 9.80. The third-order valence-electron chi connectivity index (χ3n) is 4.13. The summed E-state index contributed by atoms with van der Waals surface area (Å²) in [6.07, 6.45) is 3.34. The van der Waals surface area contributed by atoms with Gasteiger partial charge in [-0.15, -0.1) is 17.7 Å². The summed E-state index contributed by atoms with van der Waals surface area (Å²) >= 11 is 6.12. The average molecular weight is 502 g/mol. The van der Waals surface area contributed by atoms with Gasteiger partial charge in [-0.1, -0.05) is 65.7 Å². The van der Waals surface area contributed by atoms with Crippen LogP contribution in [0.4, 0.5) is 5.82 Å². The van der Waals surface area contributed by atoms with Crippen molar-refractivity contribution < 1.29 is 17.4 Å². The molecule has 2 aromatic carbocycles. The zero-order chi connectivity index (χ0) is 24.8. The molecule has 0 fully saturated rings. The Balaban J connectivity index is 0.000000307. The molecule has 4 aromatic rings. The predicted octanol–water partition coefficient (Wildman–Crippen LogP) is 4.11. The van der Waals surface area contributed by atoms with Gasteiger partial charge in [-0.25, -0.2) is 14.6 Å². The minimum Gasteiger partial charge on any atom is -0.475 e. The molecule has 34 heavy (non-hydrogen) atoms. The quantitative estimate of drug-likeness (QED) is 0.392. The summed E-state index contributed by atoms with van der Waals surface area (Å²) in [6.45, 7) is 4.93. The van der Waals surface area contributed by atoms with Crippen LogP contribution in [0.25, 0.3) is 5.69 Å². The Morgan fingerprint density at radius 1 is 0.941 bits per heavy atom. The Hall–Kier alpha value is -3.76. The van der Waals surface area contributed by atoms with Gasteiger partial charge >= 0.3 is 10.6 Å². The molecular formula is C23H24ClN5O4S. The summed E-state index contributed by atoms with van der Waals surface area (Å²) in [5.74, 6) is 1.18.